The van der Waals surface area contributed by atoms with Gasteiger partial charge >= 0.3 is 0 Å². The second kappa shape index (κ2) is 5.45. The van der Waals surface area contributed by atoms with Gasteiger partial charge in [-0.15, -0.1) is 0 Å². The van der Waals surface area contributed by atoms with Crippen molar-refractivity contribution in [2.45, 2.75) is 19.0 Å². The van der Waals surface area contributed by atoms with E-state index < -0.39 is 0 Å². The number of ether oxygens (including phenoxy) is 1. The van der Waals surface area contributed by atoms with Crippen molar-refractivity contribution in [2.24, 2.45) is 0 Å². The Labute approximate surface area is 121 Å². The van der Waals surface area contributed by atoms with Gasteiger partial charge in [0.2, 0.25) is 0 Å². The highest BCUT2D eigenvalue weighted by Crippen LogP contribution is 2.39. The lowest BCUT2D eigenvalue weighted by Gasteiger charge is -2.27. The van der Waals surface area contributed by atoms with Gasteiger partial charge in [-0.25, -0.2) is 0 Å². The molecular formula is C14H13Cl2NO2. The number of benzene rings is 1. The third kappa shape index (κ3) is 2.73. The van der Waals surface area contributed by atoms with E-state index in [2.05, 4.69) is 5.32 Å². The van der Waals surface area contributed by atoms with Crippen molar-refractivity contribution in [1.29, 1.82) is 0 Å². The molecule has 0 fully saturated rings. The van der Waals surface area contributed by atoms with Gasteiger partial charge in [-0.05, 0) is 24.3 Å². The Hall–Kier alpha value is -1.16. The van der Waals surface area contributed by atoms with E-state index in [0.29, 0.717) is 23.2 Å². The van der Waals surface area contributed by atoms with Gasteiger partial charge in [-0.1, -0.05) is 23.2 Å². The molecule has 1 aromatic carbocycles. The van der Waals surface area contributed by atoms with Crippen molar-refractivity contribution in [3.63, 3.8) is 0 Å². The van der Waals surface area contributed by atoms with Crippen LogP contribution in [0.1, 0.15) is 23.8 Å². The molecule has 2 heterocycles. The van der Waals surface area contributed by atoms with Gasteiger partial charge in [0, 0.05) is 23.0 Å². The number of fused-ring (bicyclic) bond motifs is 1. The Bertz CT molecular complexity index is 569. The average Bonchev–Trinajstić information content (AvgIpc) is 2.89. The summed E-state index contributed by atoms with van der Waals surface area (Å²) < 4.78 is 10.9. The van der Waals surface area contributed by atoms with E-state index in [1.165, 1.54) is 0 Å². The first-order valence-corrected chi connectivity index (χ1v) is 6.87. The molecule has 1 aliphatic heterocycles. The van der Waals surface area contributed by atoms with Crippen LogP contribution in [-0.4, -0.2) is 6.61 Å². The SMILES string of the molecule is Clc1cc(Cl)c2c(c1)C(NCc1ccco1)CCO2. The maximum Gasteiger partial charge on any atom is 0.142 e. The minimum Gasteiger partial charge on any atom is -0.492 e. The monoisotopic (exact) mass is 297 g/mol. The lowest BCUT2D eigenvalue weighted by molar-refractivity contribution is 0.250. The van der Waals surface area contributed by atoms with Crippen molar-refractivity contribution >= 4 is 23.2 Å². The number of halogens is 2. The van der Waals surface area contributed by atoms with Crippen LogP contribution < -0.4 is 10.1 Å². The van der Waals surface area contributed by atoms with Crippen molar-refractivity contribution < 1.29 is 9.15 Å². The predicted octanol–water partition coefficient (Wildman–Crippen LogP) is 4.20. The summed E-state index contributed by atoms with van der Waals surface area (Å²) in [5.41, 5.74) is 1.01. The van der Waals surface area contributed by atoms with Crippen LogP contribution in [0, 0.1) is 0 Å². The van der Waals surface area contributed by atoms with Gasteiger partial charge in [0.25, 0.3) is 0 Å². The molecule has 1 unspecified atom stereocenters. The lowest BCUT2D eigenvalue weighted by Crippen LogP contribution is -2.26. The summed E-state index contributed by atoms with van der Waals surface area (Å²) in [6.45, 7) is 1.31. The molecule has 3 rings (SSSR count). The van der Waals surface area contributed by atoms with Crippen LogP contribution in [0.5, 0.6) is 5.75 Å². The van der Waals surface area contributed by atoms with Crippen molar-refractivity contribution in [2.75, 3.05) is 6.61 Å². The van der Waals surface area contributed by atoms with Crippen LogP contribution in [0.4, 0.5) is 0 Å². The Morgan fingerprint density at radius 2 is 2.21 bits per heavy atom. The molecule has 100 valence electrons. The minimum absolute atomic E-state index is 0.171. The summed E-state index contributed by atoms with van der Waals surface area (Å²) in [5, 5.41) is 4.63. The Balaban J connectivity index is 1.81. The molecule has 3 nitrogen and oxygen atoms in total. The Morgan fingerprint density at radius 1 is 1.32 bits per heavy atom. The number of hydrogen-bond acceptors (Lipinski definition) is 3. The summed E-state index contributed by atoms with van der Waals surface area (Å²) in [6.07, 6.45) is 2.55. The highest BCUT2D eigenvalue weighted by molar-refractivity contribution is 6.35. The molecule has 0 saturated carbocycles. The predicted molar refractivity (Wildman–Crippen MR) is 74.9 cm³/mol. The molecule has 1 atom stereocenters. The van der Waals surface area contributed by atoms with E-state index in [9.17, 15) is 0 Å². The molecule has 0 saturated heterocycles. The normalized spacial score (nSPS) is 17.9. The first-order valence-electron chi connectivity index (χ1n) is 6.11. The van der Waals surface area contributed by atoms with E-state index in [0.717, 1.165) is 23.5 Å². The number of rotatable bonds is 3. The summed E-state index contributed by atoms with van der Waals surface area (Å²) in [4.78, 5) is 0. The van der Waals surface area contributed by atoms with Crippen LogP contribution in [-0.2, 0) is 6.54 Å². The van der Waals surface area contributed by atoms with Crippen molar-refractivity contribution in [1.82, 2.24) is 5.32 Å². The fourth-order valence-electron chi connectivity index (χ4n) is 2.27. The van der Waals surface area contributed by atoms with Crippen LogP contribution >= 0.6 is 23.2 Å². The lowest BCUT2D eigenvalue weighted by atomic mass is 10.0. The van der Waals surface area contributed by atoms with Gasteiger partial charge in [0.15, 0.2) is 0 Å². The van der Waals surface area contributed by atoms with Gasteiger partial charge in [-0.2, -0.15) is 0 Å². The van der Waals surface area contributed by atoms with E-state index in [1.54, 1.807) is 12.3 Å². The zero-order valence-electron chi connectivity index (χ0n) is 10.2. The summed E-state index contributed by atoms with van der Waals surface area (Å²) >= 11 is 12.2. The largest absolute Gasteiger partial charge is 0.492 e. The third-order valence-corrected chi connectivity index (χ3v) is 3.67. The zero-order valence-corrected chi connectivity index (χ0v) is 11.7. The maximum absolute atomic E-state index is 6.16. The van der Waals surface area contributed by atoms with Gasteiger partial charge < -0.3 is 14.5 Å². The summed E-state index contributed by atoms with van der Waals surface area (Å²) in [6, 6.07) is 7.60. The standard InChI is InChI=1S/C14H13Cl2NO2/c15-9-6-11-13(17-8-10-2-1-4-18-10)3-5-19-14(11)12(16)7-9/h1-2,4,6-7,13,17H,3,5,8H2. The van der Waals surface area contributed by atoms with Crippen molar-refractivity contribution in [3.8, 4) is 5.75 Å². The van der Waals surface area contributed by atoms with Gasteiger partial charge in [-0.3, -0.25) is 0 Å². The first-order chi connectivity index (χ1) is 9.24. The Kier molecular flexibility index (Phi) is 3.69. The van der Waals surface area contributed by atoms with E-state index in [1.807, 2.05) is 18.2 Å². The van der Waals surface area contributed by atoms with Crippen LogP contribution in [0.15, 0.2) is 34.9 Å². The molecule has 19 heavy (non-hydrogen) atoms. The molecule has 0 radical (unpaired) electrons. The number of furan rings is 1. The van der Waals surface area contributed by atoms with E-state index in [4.69, 9.17) is 32.4 Å². The first kappa shape index (κ1) is 12.9. The molecule has 2 aromatic rings. The van der Waals surface area contributed by atoms with Crippen LogP contribution in [0.3, 0.4) is 0 Å². The summed E-state index contributed by atoms with van der Waals surface area (Å²) in [5.74, 6) is 1.63. The Morgan fingerprint density at radius 3 is 3.00 bits per heavy atom. The molecule has 1 aromatic heterocycles. The molecular weight excluding hydrogens is 285 g/mol. The van der Waals surface area contributed by atoms with Crippen LogP contribution in [0.25, 0.3) is 0 Å². The molecule has 0 amide bonds. The second-order valence-electron chi connectivity index (χ2n) is 4.46. The zero-order chi connectivity index (χ0) is 13.2. The number of hydrogen-bond donors (Lipinski definition) is 1. The molecule has 5 heteroatoms. The fraction of sp³-hybridized carbons (Fsp3) is 0.286. The quantitative estimate of drug-likeness (QED) is 0.922. The molecule has 0 aliphatic carbocycles. The minimum atomic E-state index is 0.171. The van der Waals surface area contributed by atoms with Crippen molar-refractivity contribution in [3.05, 3.63) is 51.9 Å². The highest BCUT2D eigenvalue weighted by Gasteiger charge is 2.24. The second-order valence-corrected chi connectivity index (χ2v) is 5.30. The smallest absolute Gasteiger partial charge is 0.142 e. The van der Waals surface area contributed by atoms with Gasteiger partial charge in [0.1, 0.15) is 11.5 Å². The molecule has 0 spiro atoms. The molecule has 1 aliphatic rings. The topological polar surface area (TPSA) is 34.4 Å². The van der Waals surface area contributed by atoms with Crippen LogP contribution in [0.2, 0.25) is 10.0 Å². The summed E-state index contributed by atoms with van der Waals surface area (Å²) in [7, 11) is 0. The molecule has 0 bridgehead atoms. The maximum atomic E-state index is 6.16. The third-order valence-electron chi connectivity index (χ3n) is 3.17. The fourth-order valence-corrected chi connectivity index (χ4v) is 2.84. The van der Waals surface area contributed by atoms with E-state index in [-0.39, 0.29) is 6.04 Å². The average molecular weight is 298 g/mol. The van der Waals surface area contributed by atoms with Gasteiger partial charge in [0.05, 0.1) is 24.4 Å². The highest BCUT2D eigenvalue weighted by atomic mass is 35.5. The number of nitrogens with one attached hydrogen (secondary N) is 1. The molecule has 1 N–H and O–H groups in total. The van der Waals surface area contributed by atoms with E-state index >= 15 is 0 Å².